The molecule has 0 saturated carbocycles. The minimum Gasteiger partial charge on any atom is -0.478 e. The molecule has 2 aromatic rings. The van der Waals surface area contributed by atoms with Crippen LogP contribution in [-0.2, 0) is 0 Å². The van der Waals surface area contributed by atoms with Crippen LogP contribution in [0.25, 0.3) is 5.82 Å². The fraction of sp³-hybridized carbons (Fsp3) is 0.333. The molecule has 0 aliphatic rings. The van der Waals surface area contributed by atoms with Crippen molar-refractivity contribution in [1.82, 2.24) is 19.7 Å². The normalized spacial score (nSPS) is 10.7. The van der Waals surface area contributed by atoms with Crippen LogP contribution in [0.3, 0.4) is 0 Å². The Bertz CT molecular complexity index is 611. The molecule has 0 atom stereocenters. The summed E-state index contributed by atoms with van der Waals surface area (Å²) in [7, 11) is 0. The SMILES string of the molecule is Cc1cc(-n2nc(C)c(C(=O)O)c2C)nc(C)n1. The Kier molecular flexibility index (Phi) is 2.86. The van der Waals surface area contributed by atoms with Gasteiger partial charge in [0.25, 0.3) is 0 Å². The minimum atomic E-state index is -0.973. The number of aryl methyl sites for hydroxylation is 3. The van der Waals surface area contributed by atoms with Gasteiger partial charge in [-0.15, -0.1) is 0 Å². The maximum Gasteiger partial charge on any atom is 0.339 e. The lowest BCUT2D eigenvalue weighted by Gasteiger charge is -2.05. The summed E-state index contributed by atoms with van der Waals surface area (Å²) in [6.07, 6.45) is 0. The van der Waals surface area contributed by atoms with E-state index in [0.717, 1.165) is 5.69 Å². The third-order valence-corrected chi connectivity index (χ3v) is 2.67. The van der Waals surface area contributed by atoms with Crippen molar-refractivity contribution >= 4 is 5.97 Å². The fourth-order valence-electron chi connectivity index (χ4n) is 1.98. The number of hydrogen-bond acceptors (Lipinski definition) is 4. The van der Waals surface area contributed by atoms with Crippen LogP contribution in [0.4, 0.5) is 0 Å². The average Bonchev–Trinajstić information content (AvgIpc) is 2.52. The molecule has 0 saturated heterocycles. The van der Waals surface area contributed by atoms with E-state index in [1.54, 1.807) is 31.5 Å². The van der Waals surface area contributed by atoms with Crippen LogP contribution < -0.4 is 0 Å². The lowest BCUT2D eigenvalue weighted by atomic mass is 10.2. The van der Waals surface area contributed by atoms with E-state index in [-0.39, 0.29) is 5.56 Å². The van der Waals surface area contributed by atoms with Crippen molar-refractivity contribution in [1.29, 1.82) is 0 Å². The Morgan fingerprint density at radius 2 is 1.89 bits per heavy atom. The van der Waals surface area contributed by atoms with Gasteiger partial charge in [-0.05, 0) is 27.7 Å². The summed E-state index contributed by atoms with van der Waals surface area (Å²) in [4.78, 5) is 19.6. The number of carboxylic acids is 1. The van der Waals surface area contributed by atoms with E-state index in [4.69, 9.17) is 5.11 Å². The maximum absolute atomic E-state index is 11.1. The van der Waals surface area contributed by atoms with Crippen LogP contribution in [-0.4, -0.2) is 30.8 Å². The van der Waals surface area contributed by atoms with Crippen LogP contribution in [0.5, 0.6) is 0 Å². The fourth-order valence-corrected chi connectivity index (χ4v) is 1.98. The molecule has 0 aliphatic heterocycles. The largest absolute Gasteiger partial charge is 0.478 e. The molecule has 0 fully saturated rings. The van der Waals surface area contributed by atoms with Crippen molar-refractivity contribution in [2.45, 2.75) is 27.7 Å². The van der Waals surface area contributed by atoms with Gasteiger partial charge in [0.2, 0.25) is 0 Å². The quantitative estimate of drug-likeness (QED) is 0.870. The second kappa shape index (κ2) is 4.21. The molecule has 6 heteroatoms. The van der Waals surface area contributed by atoms with E-state index in [1.165, 1.54) is 0 Å². The van der Waals surface area contributed by atoms with Gasteiger partial charge in [-0.1, -0.05) is 0 Å². The summed E-state index contributed by atoms with van der Waals surface area (Å²) >= 11 is 0. The van der Waals surface area contributed by atoms with Crippen molar-refractivity contribution < 1.29 is 9.90 Å². The highest BCUT2D eigenvalue weighted by molar-refractivity contribution is 5.90. The van der Waals surface area contributed by atoms with E-state index in [0.29, 0.717) is 23.0 Å². The zero-order valence-electron chi connectivity index (χ0n) is 10.7. The van der Waals surface area contributed by atoms with Crippen molar-refractivity contribution in [3.8, 4) is 5.82 Å². The maximum atomic E-state index is 11.1. The molecule has 2 rings (SSSR count). The first kappa shape index (κ1) is 12.2. The molecule has 0 amide bonds. The molecule has 0 unspecified atom stereocenters. The molecule has 0 aliphatic carbocycles. The average molecular weight is 246 g/mol. The number of hydrogen-bond donors (Lipinski definition) is 1. The van der Waals surface area contributed by atoms with Crippen molar-refractivity contribution in [3.63, 3.8) is 0 Å². The molecule has 0 aromatic carbocycles. The van der Waals surface area contributed by atoms with E-state index in [2.05, 4.69) is 15.1 Å². The molecule has 18 heavy (non-hydrogen) atoms. The Balaban J connectivity index is 2.65. The number of aromatic nitrogens is 4. The van der Waals surface area contributed by atoms with Gasteiger partial charge in [-0.2, -0.15) is 5.10 Å². The summed E-state index contributed by atoms with van der Waals surface area (Å²) < 4.78 is 1.54. The first-order valence-corrected chi connectivity index (χ1v) is 5.52. The molecule has 0 bridgehead atoms. The Hall–Kier alpha value is -2.24. The van der Waals surface area contributed by atoms with Gasteiger partial charge in [0.05, 0.1) is 11.4 Å². The first-order valence-electron chi connectivity index (χ1n) is 5.52. The van der Waals surface area contributed by atoms with Gasteiger partial charge in [0, 0.05) is 11.8 Å². The number of rotatable bonds is 2. The third kappa shape index (κ3) is 1.97. The summed E-state index contributed by atoms with van der Waals surface area (Å²) in [5, 5.41) is 13.4. The molecule has 94 valence electrons. The van der Waals surface area contributed by atoms with Crippen LogP contribution in [0.2, 0.25) is 0 Å². The van der Waals surface area contributed by atoms with E-state index in [1.807, 2.05) is 6.92 Å². The molecule has 2 aromatic heterocycles. The zero-order valence-corrected chi connectivity index (χ0v) is 10.7. The van der Waals surface area contributed by atoms with Crippen LogP contribution >= 0.6 is 0 Å². The highest BCUT2D eigenvalue weighted by Crippen LogP contribution is 2.17. The first-order chi connectivity index (χ1) is 8.40. The van der Waals surface area contributed by atoms with E-state index in [9.17, 15) is 4.79 Å². The van der Waals surface area contributed by atoms with E-state index >= 15 is 0 Å². The van der Waals surface area contributed by atoms with Crippen molar-refractivity contribution in [2.24, 2.45) is 0 Å². The Labute approximate surface area is 104 Å². The summed E-state index contributed by atoms with van der Waals surface area (Å²) in [5.74, 6) is 0.251. The summed E-state index contributed by atoms with van der Waals surface area (Å²) in [6.45, 7) is 7.05. The van der Waals surface area contributed by atoms with Crippen LogP contribution in [0.15, 0.2) is 6.07 Å². The van der Waals surface area contributed by atoms with Gasteiger partial charge in [0.15, 0.2) is 5.82 Å². The monoisotopic (exact) mass is 246 g/mol. The molecular weight excluding hydrogens is 232 g/mol. The minimum absolute atomic E-state index is 0.226. The third-order valence-electron chi connectivity index (χ3n) is 2.67. The molecule has 2 heterocycles. The molecule has 0 spiro atoms. The lowest BCUT2D eigenvalue weighted by molar-refractivity contribution is 0.0695. The van der Waals surface area contributed by atoms with Crippen molar-refractivity contribution in [2.75, 3.05) is 0 Å². The standard InChI is InChI=1S/C12H14N4O2/c1-6-5-10(14-9(4)13-6)16-8(3)11(12(17)18)7(2)15-16/h5H,1-4H3,(H,17,18). The number of carboxylic acid groups (broad SMARTS) is 1. The van der Waals surface area contributed by atoms with Gasteiger partial charge in [-0.25, -0.2) is 19.4 Å². The highest BCUT2D eigenvalue weighted by Gasteiger charge is 2.19. The second-order valence-corrected chi connectivity index (χ2v) is 4.18. The van der Waals surface area contributed by atoms with Crippen LogP contribution in [0.1, 0.15) is 33.3 Å². The second-order valence-electron chi connectivity index (χ2n) is 4.18. The molecule has 1 N–H and O–H groups in total. The number of nitrogens with zero attached hydrogens (tertiary/aromatic N) is 4. The Morgan fingerprint density at radius 1 is 1.22 bits per heavy atom. The smallest absolute Gasteiger partial charge is 0.339 e. The van der Waals surface area contributed by atoms with Crippen LogP contribution in [0, 0.1) is 27.7 Å². The topological polar surface area (TPSA) is 80.9 Å². The lowest BCUT2D eigenvalue weighted by Crippen LogP contribution is -2.06. The number of carbonyl (C=O) groups is 1. The predicted octanol–water partition coefficient (Wildman–Crippen LogP) is 1.59. The summed E-state index contributed by atoms with van der Waals surface area (Å²) in [5.41, 5.74) is 2.09. The molecule has 6 nitrogen and oxygen atoms in total. The van der Waals surface area contributed by atoms with Gasteiger partial charge >= 0.3 is 5.97 Å². The molecule has 0 radical (unpaired) electrons. The van der Waals surface area contributed by atoms with E-state index < -0.39 is 5.97 Å². The zero-order chi connectivity index (χ0) is 13.4. The van der Waals surface area contributed by atoms with Gasteiger partial charge in [-0.3, -0.25) is 0 Å². The number of aromatic carboxylic acids is 1. The van der Waals surface area contributed by atoms with Crippen molar-refractivity contribution in [3.05, 3.63) is 34.5 Å². The predicted molar refractivity (Wildman–Crippen MR) is 65.1 cm³/mol. The summed E-state index contributed by atoms with van der Waals surface area (Å²) in [6, 6.07) is 1.78. The van der Waals surface area contributed by atoms with Gasteiger partial charge in [0.1, 0.15) is 11.4 Å². The highest BCUT2D eigenvalue weighted by atomic mass is 16.4. The Morgan fingerprint density at radius 3 is 2.39 bits per heavy atom. The molecular formula is C12H14N4O2. The van der Waals surface area contributed by atoms with Gasteiger partial charge < -0.3 is 5.11 Å².